The number of carbonyl (C=O) groups is 2. The van der Waals surface area contributed by atoms with Crippen LogP contribution in [0.2, 0.25) is 5.02 Å². The molecule has 0 spiro atoms. The molecule has 0 radical (unpaired) electrons. The van der Waals surface area contributed by atoms with Gasteiger partial charge < -0.3 is 10.0 Å². The van der Waals surface area contributed by atoms with Gasteiger partial charge in [0.1, 0.15) is 6.17 Å². The molecule has 1 N–H and O–H groups in total. The first-order valence-electron chi connectivity index (χ1n) is 15.8. The Bertz CT molecular complexity index is 1590. The second-order valence-electron chi connectivity index (χ2n) is 14.2. The molecular formula is C36H39ClF2N2O4. The highest BCUT2D eigenvalue weighted by atomic mass is 35.5. The van der Waals surface area contributed by atoms with E-state index in [2.05, 4.69) is 0 Å². The first-order chi connectivity index (χ1) is 21.3. The fourth-order valence-electron chi connectivity index (χ4n) is 9.78. The third kappa shape index (κ3) is 4.28. The van der Waals surface area contributed by atoms with Crippen molar-refractivity contribution in [1.82, 2.24) is 9.96 Å². The van der Waals surface area contributed by atoms with Gasteiger partial charge in [-0.2, -0.15) is 5.06 Å². The van der Waals surface area contributed by atoms with Gasteiger partial charge >= 0.3 is 0 Å². The predicted molar refractivity (Wildman–Crippen MR) is 166 cm³/mol. The molecule has 5 aliphatic rings. The Labute approximate surface area is 267 Å². The van der Waals surface area contributed by atoms with Crippen molar-refractivity contribution in [3.05, 3.63) is 94.5 Å². The van der Waals surface area contributed by atoms with E-state index in [0.29, 0.717) is 31.1 Å². The number of nitrogens with zero attached hydrogens (tertiary/aromatic N) is 2. The molecule has 1 saturated heterocycles. The van der Waals surface area contributed by atoms with Gasteiger partial charge in [0.15, 0.2) is 17.1 Å². The van der Waals surface area contributed by atoms with E-state index in [1.165, 1.54) is 18.2 Å². The van der Waals surface area contributed by atoms with Gasteiger partial charge in [0, 0.05) is 54.4 Å². The fourth-order valence-corrected chi connectivity index (χ4v) is 9.91. The molecule has 45 heavy (non-hydrogen) atoms. The van der Waals surface area contributed by atoms with E-state index in [0.717, 1.165) is 11.1 Å². The first kappa shape index (κ1) is 30.7. The van der Waals surface area contributed by atoms with Crippen LogP contribution in [0.5, 0.6) is 0 Å². The number of hydrogen-bond donors (Lipinski definition) is 1. The highest BCUT2D eigenvalue weighted by Gasteiger charge is 2.80. The Morgan fingerprint density at radius 3 is 2.51 bits per heavy atom. The number of allylic oxidation sites excluding steroid dienone is 4. The van der Waals surface area contributed by atoms with Gasteiger partial charge in [0.25, 0.3) is 5.91 Å². The van der Waals surface area contributed by atoms with Crippen LogP contribution in [-0.4, -0.2) is 63.9 Å². The van der Waals surface area contributed by atoms with Gasteiger partial charge in [0.2, 0.25) is 0 Å². The minimum Gasteiger partial charge on any atom is -0.390 e. The van der Waals surface area contributed by atoms with Crippen LogP contribution in [0.25, 0.3) is 0 Å². The molecule has 4 aliphatic carbocycles. The summed E-state index contributed by atoms with van der Waals surface area (Å²) >= 11 is 6.12. The molecule has 0 unspecified atom stereocenters. The summed E-state index contributed by atoms with van der Waals surface area (Å²) in [7, 11) is 1.75. The number of benzene rings is 2. The number of aliphatic hydroxyl groups is 1. The van der Waals surface area contributed by atoms with Gasteiger partial charge in [-0.05, 0) is 73.1 Å². The molecule has 2 aromatic rings. The number of likely N-dealkylation sites (N-methyl/N-ethyl adjacent to an activating group) is 1. The number of rotatable bonds is 5. The Morgan fingerprint density at radius 2 is 1.80 bits per heavy atom. The van der Waals surface area contributed by atoms with Crippen LogP contribution in [0.3, 0.4) is 0 Å². The average molecular weight is 637 g/mol. The van der Waals surface area contributed by atoms with Gasteiger partial charge in [0.05, 0.1) is 6.10 Å². The van der Waals surface area contributed by atoms with Crippen molar-refractivity contribution < 1.29 is 28.3 Å². The molecular weight excluding hydrogens is 598 g/mol. The highest BCUT2D eigenvalue weighted by Crippen LogP contribution is 2.72. The minimum absolute atomic E-state index is 0.0392. The van der Waals surface area contributed by atoms with Crippen molar-refractivity contribution in [2.75, 3.05) is 13.6 Å². The van der Waals surface area contributed by atoms with E-state index in [4.69, 9.17) is 16.4 Å². The number of carbonyl (C=O) groups excluding carboxylic acids is 2. The van der Waals surface area contributed by atoms with Gasteiger partial charge in [-0.1, -0.05) is 67.1 Å². The number of amides is 1. The highest BCUT2D eigenvalue weighted by molar-refractivity contribution is 6.30. The Hall–Kier alpha value is -2.91. The lowest BCUT2D eigenvalue weighted by Crippen LogP contribution is -2.71. The van der Waals surface area contributed by atoms with Gasteiger partial charge in [-0.3, -0.25) is 14.4 Å². The number of halogens is 3. The molecule has 4 fully saturated rings. The van der Waals surface area contributed by atoms with Crippen molar-refractivity contribution in [3.63, 3.8) is 0 Å². The third-order valence-corrected chi connectivity index (χ3v) is 12.1. The van der Waals surface area contributed by atoms with Crippen molar-refractivity contribution in [3.8, 4) is 0 Å². The number of alkyl halides is 2. The van der Waals surface area contributed by atoms with Crippen molar-refractivity contribution >= 4 is 23.3 Å². The summed E-state index contributed by atoms with van der Waals surface area (Å²) in [5.74, 6) is -2.24. The normalized spacial score (nSPS) is 40.3. The lowest BCUT2D eigenvalue weighted by molar-refractivity contribution is -0.273. The fraction of sp³-hybridized carbons (Fsp3) is 0.500. The Kier molecular flexibility index (Phi) is 7.21. The molecule has 0 aromatic heterocycles. The third-order valence-electron chi connectivity index (χ3n) is 11.9. The summed E-state index contributed by atoms with van der Waals surface area (Å²) in [5.41, 5.74) is -4.08. The molecule has 238 valence electrons. The van der Waals surface area contributed by atoms with Crippen LogP contribution in [0.15, 0.2) is 78.4 Å². The average Bonchev–Trinajstić information content (AvgIpc) is 3.48. The van der Waals surface area contributed by atoms with Crippen molar-refractivity contribution in [2.45, 2.75) is 69.7 Å². The number of hydroxylamine groups is 2. The largest absolute Gasteiger partial charge is 0.390 e. The van der Waals surface area contributed by atoms with Gasteiger partial charge in [-0.25, -0.2) is 8.78 Å². The lowest BCUT2D eigenvalue weighted by atomic mass is 9.44. The molecule has 6 nitrogen and oxygen atoms in total. The number of fused-ring (bicyclic) bond motifs is 7. The molecule has 2 aromatic carbocycles. The molecule has 7 rings (SSSR count). The maximum atomic E-state index is 17.8. The molecule has 1 amide bonds. The number of ketones is 1. The standard InChI is InChI=1S/C36H39ClF2N2O4/c1-33-14-13-26(42)16-29(33)30(38)17-28-27-15-24-21-41(20-23-9-11-25(37)12-10-23)45-36(24,34(27,2)18-31(43)35(28,33)39)32(44)40(3)19-22-7-5-4-6-8-22/h4-14,16,24,27-28,30-31,43H,15,17-21H2,1-3H3/t24-,27-,28-,30-,31-,33-,34-,35-,36-/m0/s1. The van der Waals surface area contributed by atoms with Crippen molar-refractivity contribution in [2.24, 2.45) is 28.6 Å². The zero-order valence-corrected chi connectivity index (χ0v) is 26.5. The van der Waals surface area contributed by atoms with Crippen LogP contribution in [-0.2, 0) is 27.5 Å². The second-order valence-corrected chi connectivity index (χ2v) is 14.7. The van der Waals surface area contributed by atoms with Crippen LogP contribution in [0.4, 0.5) is 8.78 Å². The van der Waals surface area contributed by atoms with Crippen molar-refractivity contribution in [1.29, 1.82) is 0 Å². The Balaban J connectivity index is 1.29. The van der Waals surface area contributed by atoms with E-state index in [9.17, 15) is 14.7 Å². The maximum Gasteiger partial charge on any atom is 0.257 e. The van der Waals surface area contributed by atoms with Gasteiger partial charge in [-0.15, -0.1) is 0 Å². The lowest BCUT2D eigenvalue weighted by Gasteiger charge is -2.63. The first-order valence-corrected chi connectivity index (χ1v) is 16.2. The maximum absolute atomic E-state index is 17.8. The van der Waals surface area contributed by atoms with Crippen LogP contribution < -0.4 is 0 Å². The van der Waals surface area contributed by atoms with E-state index in [1.807, 2.05) is 66.6 Å². The van der Waals surface area contributed by atoms with E-state index >= 15 is 8.78 Å². The zero-order chi connectivity index (χ0) is 31.9. The molecule has 1 aliphatic heterocycles. The van der Waals surface area contributed by atoms with Crippen LogP contribution in [0, 0.1) is 28.6 Å². The number of hydrogen-bond acceptors (Lipinski definition) is 5. The second kappa shape index (κ2) is 10.6. The summed E-state index contributed by atoms with van der Waals surface area (Å²) in [6.07, 6.45) is 1.13. The topological polar surface area (TPSA) is 70.1 Å². The summed E-state index contributed by atoms with van der Waals surface area (Å²) in [5, 5.41) is 14.3. The summed E-state index contributed by atoms with van der Waals surface area (Å²) in [4.78, 5) is 35.6. The smallest absolute Gasteiger partial charge is 0.257 e. The number of aliphatic hydroxyl groups excluding tert-OH is 1. The molecule has 1 heterocycles. The molecule has 9 heteroatoms. The van der Waals surface area contributed by atoms with E-state index in [1.54, 1.807) is 18.9 Å². The summed E-state index contributed by atoms with van der Waals surface area (Å²) in [6.45, 7) is 4.73. The molecule has 9 atom stereocenters. The zero-order valence-electron chi connectivity index (χ0n) is 25.8. The summed E-state index contributed by atoms with van der Waals surface area (Å²) in [6, 6.07) is 17.1. The SMILES string of the molecule is CN(Cc1ccccc1)C(=O)[C@@]12ON(Cc3ccc(Cl)cc3)C[C@@H]1C[C@H]1[C@@H]3C[C@H](F)C4=CC(=O)C=C[C@]4(C)[C@@]3(F)[C@@H](O)C[C@@]12C. The quantitative estimate of drug-likeness (QED) is 0.434. The predicted octanol–water partition coefficient (Wildman–Crippen LogP) is 6.03. The van der Waals surface area contributed by atoms with Crippen LogP contribution >= 0.6 is 11.6 Å². The minimum atomic E-state index is -2.22. The monoisotopic (exact) mass is 636 g/mol. The molecule has 3 saturated carbocycles. The Morgan fingerprint density at radius 1 is 1.09 bits per heavy atom. The summed E-state index contributed by atoms with van der Waals surface area (Å²) < 4.78 is 33.8. The van der Waals surface area contributed by atoms with E-state index < -0.39 is 46.2 Å². The molecule has 0 bridgehead atoms. The van der Waals surface area contributed by atoms with E-state index in [-0.39, 0.29) is 36.0 Å². The van der Waals surface area contributed by atoms with Crippen LogP contribution in [0.1, 0.15) is 44.2 Å².